The summed E-state index contributed by atoms with van der Waals surface area (Å²) in [6.45, 7) is 9.32. The number of ether oxygens (including phenoxy) is 4. The molecule has 0 radical (unpaired) electrons. The number of carbonyl (C=O) groups excluding carboxylic acids is 1. The quantitative estimate of drug-likeness (QED) is 0.202. The van der Waals surface area contributed by atoms with Crippen LogP contribution in [0, 0.1) is 0 Å². The lowest BCUT2D eigenvalue weighted by molar-refractivity contribution is -0.142. The highest BCUT2D eigenvalue weighted by Gasteiger charge is 2.11. The van der Waals surface area contributed by atoms with Gasteiger partial charge in [-0.1, -0.05) is 12.7 Å². The van der Waals surface area contributed by atoms with Crippen LogP contribution in [-0.4, -0.2) is 74.1 Å². The molecule has 0 aromatic heterocycles. The minimum absolute atomic E-state index is 0.0138. The van der Waals surface area contributed by atoms with Gasteiger partial charge in [-0.05, 0) is 6.92 Å². The van der Waals surface area contributed by atoms with Gasteiger partial charge in [0.15, 0.2) is 0 Å². The molecule has 3 unspecified atom stereocenters. The third-order valence-electron chi connectivity index (χ3n) is 2.37. The Morgan fingerprint density at radius 1 is 1.05 bits per heavy atom. The third-order valence-corrected chi connectivity index (χ3v) is 2.37. The van der Waals surface area contributed by atoms with Crippen LogP contribution < -0.4 is 0 Å². The smallest absolute Gasteiger partial charge is 0.330 e. The van der Waals surface area contributed by atoms with Gasteiger partial charge in [0, 0.05) is 6.08 Å². The van der Waals surface area contributed by atoms with Gasteiger partial charge in [-0.15, -0.1) is 6.58 Å². The fourth-order valence-corrected chi connectivity index (χ4v) is 1.31. The van der Waals surface area contributed by atoms with Crippen molar-refractivity contribution in [2.45, 2.75) is 25.2 Å². The van der Waals surface area contributed by atoms with Crippen molar-refractivity contribution in [3.63, 3.8) is 0 Å². The highest BCUT2D eigenvalue weighted by molar-refractivity contribution is 5.81. The third kappa shape index (κ3) is 12.5. The monoisotopic (exact) mass is 318 g/mol. The Morgan fingerprint density at radius 2 is 1.68 bits per heavy atom. The highest BCUT2D eigenvalue weighted by Crippen LogP contribution is 1.97. The Labute approximate surface area is 131 Å². The van der Waals surface area contributed by atoms with Crippen LogP contribution in [0.2, 0.25) is 0 Å². The zero-order chi connectivity index (χ0) is 16.8. The molecule has 3 atom stereocenters. The first-order valence-electron chi connectivity index (χ1n) is 7.02. The van der Waals surface area contributed by atoms with Crippen molar-refractivity contribution in [2.24, 2.45) is 0 Å². The number of hydrogen-bond acceptors (Lipinski definition) is 7. The highest BCUT2D eigenvalue weighted by atomic mass is 16.6. The van der Waals surface area contributed by atoms with E-state index in [1.807, 2.05) is 0 Å². The molecule has 0 rings (SSSR count). The summed E-state index contributed by atoms with van der Waals surface area (Å²) in [6, 6.07) is 0. The summed E-state index contributed by atoms with van der Waals surface area (Å²) in [7, 11) is 0. The molecule has 0 saturated heterocycles. The lowest BCUT2D eigenvalue weighted by Crippen LogP contribution is -2.29. The van der Waals surface area contributed by atoms with Crippen LogP contribution in [0.25, 0.3) is 0 Å². The van der Waals surface area contributed by atoms with E-state index in [9.17, 15) is 15.0 Å². The van der Waals surface area contributed by atoms with Crippen molar-refractivity contribution in [1.82, 2.24) is 0 Å². The molecule has 0 aliphatic heterocycles. The van der Waals surface area contributed by atoms with Gasteiger partial charge in [0.2, 0.25) is 0 Å². The summed E-state index contributed by atoms with van der Waals surface area (Å²) in [5.41, 5.74) is 0. The minimum atomic E-state index is -0.913. The van der Waals surface area contributed by atoms with Gasteiger partial charge in [-0.2, -0.15) is 0 Å². The predicted octanol–water partition coefficient (Wildman–Crippen LogP) is 0.0617. The van der Waals surface area contributed by atoms with Crippen molar-refractivity contribution in [1.29, 1.82) is 0 Å². The topological polar surface area (TPSA) is 94.5 Å². The molecule has 128 valence electrons. The van der Waals surface area contributed by atoms with Crippen molar-refractivity contribution >= 4 is 5.97 Å². The summed E-state index contributed by atoms with van der Waals surface area (Å²) < 4.78 is 20.4. The Morgan fingerprint density at radius 3 is 2.32 bits per heavy atom. The summed E-state index contributed by atoms with van der Waals surface area (Å²) in [5.74, 6) is -0.594. The molecule has 0 amide bonds. The van der Waals surface area contributed by atoms with Gasteiger partial charge in [-0.25, -0.2) is 4.79 Å². The Kier molecular flexibility index (Phi) is 12.7. The van der Waals surface area contributed by atoms with E-state index < -0.39 is 18.2 Å². The second-order valence-corrected chi connectivity index (χ2v) is 4.65. The molecule has 0 aromatic rings. The van der Waals surface area contributed by atoms with E-state index in [-0.39, 0.29) is 39.1 Å². The van der Waals surface area contributed by atoms with E-state index in [1.54, 1.807) is 13.0 Å². The van der Waals surface area contributed by atoms with Crippen molar-refractivity contribution < 1.29 is 34.0 Å². The van der Waals surface area contributed by atoms with Gasteiger partial charge in [0.05, 0.1) is 39.1 Å². The molecular formula is C15H26O7. The average molecular weight is 318 g/mol. The van der Waals surface area contributed by atoms with Crippen LogP contribution in [0.4, 0.5) is 0 Å². The summed E-state index contributed by atoms with van der Waals surface area (Å²) in [4.78, 5) is 10.8. The van der Waals surface area contributed by atoms with E-state index in [4.69, 9.17) is 14.2 Å². The van der Waals surface area contributed by atoms with E-state index in [1.165, 1.54) is 0 Å². The van der Waals surface area contributed by atoms with Crippen LogP contribution in [0.1, 0.15) is 6.92 Å². The van der Waals surface area contributed by atoms with Gasteiger partial charge in [0.1, 0.15) is 18.8 Å². The molecule has 0 fully saturated rings. The van der Waals surface area contributed by atoms with Gasteiger partial charge in [-0.3, -0.25) is 0 Å². The maximum atomic E-state index is 10.8. The van der Waals surface area contributed by atoms with Crippen LogP contribution in [0.3, 0.4) is 0 Å². The van der Waals surface area contributed by atoms with Crippen LogP contribution >= 0.6 is 0 Å². The number of carbonyl (C=O) groups is 1. The van der Waals surface area contributed by atoms with E-state index in [0.29, 0.717) is 6.61 Å². The molecule has 7 heteroatoms. The number of rotatable bonds is 14. The van der Waals surface area contributed by atoms with Crippen LogP contribution in [0.5, 0.6) is 0 Å². The predicted molar refractivity (Wildman–Crippen MR) is 80.4 cm³/mol. The first kappa shape index (κ1) is 20.8. The SMILES string of the molecule is C=CCOCC(O)COCC(C)OCC(O)COC(=O)C=C. The minimum Gasteiger partial charge on any atom is -0.460 e. The number of aliphatic hydroxyl groups excluding tert-OH is 2. The molecule has 22 heavy (non-hydrogen) atoms. The van der Waals surface area contributed by atoms with E-state index >= 15 is 0 Å². The zero-order valence-electron chi connectivity index (χ0n) is 13.0. The Balaban J connectivity index is 3.59. The maximum absolute atomic E-state index is 10.8. The maximum Gasteiger partial charge on any atom is 0.330 e. The van der Waals surface area contributed by atoms with E-state index in [0.717, 1.165) is 6.08 Å². The fourth-order valence-electron chi connectivity index (χ4n) is 1.31. The second kappa shape index (κ2) is 13.4. The molecule has 0 aliphatic rings. The van der Waals surface area contributed by atoms with E-state index in [2.05, 4.69) is 17.9 Å². The molecular weight excluding hydrogens is 292 g/mol. The van der Waals surface area contributed by atoms with Crippen molar-refractivity contribution in [3.05, 3.63) is 25.3 Å². The number of aliphatic hydroxyl groups is 2. The van der Waals surface area contributed by atoms with Crippen molar-refractivity contribution in [2.75, 3.05) is 39.6 Å². The average Bonchev–Trinajstić information content (AvgIpc) is 2.50. The molecule has 0 spiro atoms. The number of hydrogen-bond donors (Lipinski definition) is 2. The molecule has 0 aliphatic carbocycles. The summed E-state index contributed by atoms with van der Waals surface area (Å²) in [6.07, 6.45) is 0.723. The lowest BCUT2D eigenvalue weighted by atomic mass is 10.3. The van der Waals surface area contributed by atoms with Gasteiger partial charge >= 0.3 is 5.97 Å². The Bertz CT molecular complexity index is 319. The molecule has 7 nitrogen and oxygen atoms in total. The molecule has 0 bridgehead atoms. The normalized spacial score (nSPS) is 14.9. The Hall–Kier alpha value is -1.25. The lowest BCUT2D eigenvalue weighted by Gasteiger charge is -2.17. The zero-order valence-corrected chi connectivity index (χ0v) is 13.0. The second-order valence-electron chi connectivity index (χ2n) is 4.65. The standard InChI is InChI=1S/C15H26O7/c1-4-6-19-8-13(16)9-20-7-12(3)21-10-14(17)11-22-15(18)5-2/h4-5,12-14,16-17H,1-2,6-11H2,3H3. The summed E-state index contributed by atoms with van der Waals surface area (Å²) in [5, 5.41) is 19.1. The first-order valence-corrected chi connectivity index (χ1v) is 7.02. The largest absolute Gasteiger partial charge is 0.460 e. The number of esters is 1. The molecule has 0 saturated carbocycles. The summed E-state index contributed by atoms with van der Waals surface area (Å²) >= 11 is 0. The molecule has 2 N–H and O–H groups in total. The van der Waals surface area contributed by atoms with Crippen LogP contribution in [-0.2, 0) is 23.7 Å². The van der Waals surface area contributed by atoms with Crippen LogP contribution in [0.15, 0.2) is 25.3 Å². The van der Waals surface area contributed by atoms with Crippen molar-refractivity contribution in [3.8, 4) is 0 Å². The molecule has 0 heterocycles. The van der Waals surface area contributed by atoms with Gasteiger partial charge in [0.25, 0.3) is 0 Å². The fraction of sp³-hybridized carbons (Fsp3) is 0.667. The van der Waals surface area contributed by atoms with Gasteiger partial charge < -0.3 is 29.2 Å². The molecule has 0 aromatic carbocycles. The first-order chi connectivity index (χ1) is 10.5.